The predicted molar refractivity (Wildman–Crippen MR) is 98.5 cm³/mol. The molecule has 0 aromatic heterocycles. The van der Waals surface area contributed by atoms with Gasteiger partial charge in [-0.2, -0.15) is 0 Å². The van der Waals surface area contributed by atoms with Crippen molar-refractivity contribution in [2.45, 2.75) is 6.92 Å². The molecule has 0 atom stereocenters. The molecular weight excluding hydrogens is 374 g/mol. The largest absolute Gasteiger partial charge is 0.491 e. The summed E-state index contributed by atoms with van der Waals surface area (Å²) in [5.41, 5.74) is 0.0246. The first-order valence-electron chi connectivity index (χ1n) is 8.91. The highest BCUT2D eigenvalue weighted by Crippen LogP contribution is 2.16. The summed E-state index contributed by atoms with van der Waals surface area (Å²) in [4.78, 5) is 20.6. The second-order valence-electron chi connectivity index (χ2n) is 5.39. The van der Waals surface area contributed by atoms with Gasteiger partial charge < -0.3 is 28.4 Å². The number of non-ortho nitro benzene ring substituents is 1. The summed E-state index contributed by atoms with van der Waals surface area (Å²) >= 11 is 0. The first-order valence-corrected chi connectivity index (χ1v) is 8.91. The van der Waals surface area contributed by atoms with E-state index in [0.717, 1.165) is 0 Å². The van der Waals surface area contributed by atoms with E-state index in [4.69, 9.17) is 28.4 Å². The Morgan fingerprint density at radius 1 is 0.786 bits per heavy atom. The predicted octanol–water partition coefficient (Wildman–Crippen LogP) is 1.60. The number of rotatable bonds is 17. The molecule has 1 aromatic carbocycles. The number of carbonyl (C=O) groups excluding carboxylic acids is 1. The fourth-order valence-electron chi connectivity index (χ4n) is 1.89. The van der Waals surface area contributed by atoms with Gasteiger partial charge in [0.2, 0.25) is 0 Å². The summed E-state index contributed by atoms with van der Waals surface area (Å²) < 4.78 is 31.4. The Bertz CT molecular complexity index is 550. The van der Waals surface area contributed by atoms with Gasteiger partial charge in [-0.1, -0.05) is 0 Å². The molecule has 10 heteroatoms. The molecule has 0 radical (unpaired) electrons. The van der Waals surface area contributed by atoms with E-state index < -0.39 is 4.92 Å². The summed E-state index contributed by atoms with van der Waals surface area (Å²) in [6.07, 6.45) is 0. The first kappa shape index (κ1) is 23.8. The van der Waals surface area contributed by atoms with Gasteiger partial charge in [-0.3, -0.25) is 14.9 Å². The summed E-state index contributed by atoms with van der Waals surface area (Å²) in [7, 11) is 0. The molecule has 0 aliphatic rings. The number of hydrogen-bond donors (Lipinski definition) is 0. The Balaban J connectivity index is 1.80. The average Bonchev–Trinajstić information content (AvgIpc) is 2.67. The molecule has 158 valence electrons. The molecule has 1 rings (SSSR count). The van der Waals surface area contributed by atoms with E-state index in [-0.39, 0.29) is 18.3 Å². The van der Waals surface area contributed by atoms with Gasteiger partial charge in [-0.25, -0.2) is 0 Å². The number of hydrogen-bond acceptors (Lipinski definition) is 9. The average molecular weight is 401 g/mol. The maximum absolute atomic E-state index is 10.5. The SMILES string of the molecule is CC(=O)OCCOCCOCCOCCOCCOc1ccc([N+](=O)[O-])cc1. The molecule has 0 amide bonds. The molecule has 0 unspecified atom stereocenters. The summed E-state index contributed by atoms with van der Waals surface area (Å²) in [5.74, 6) is 0.232. The Morgan fingerprint density at radius 3 is 1.64 bits per heavy atom. The molecular formula is C18H27NO9. The topological polar surface area (TPSA) is 116 Å². The fourth-order valence-corrected chi connectivity index (χ4v) is 1.89. The van der Waals surface area contributed by atoms with Crippen LogP contribution in [0.25, 0.3) is 0 Å². The molecule has 0 spiro atoms. The van der Waals surface area contributed by atoms with E-state index in [9.17, 15) is 14.9 Å². The number of nitro groups is 1. The maximum Gasteiger partial charge on any atom is 0.302 e. The highest BCUT2D eigenvalue weighted by Gasteiger charge is 2.04. The van der Waals surface area contributed by atoms with Crippen molar-refractivity contribution in [3.63, 3.8) is 0 Å². The number of esters is 1. The molecule has 0 N–H and O–H groups in total. The van der Waals surface area contributed by atoms with Gasteiger partial charge in [0.15, 0.2) is 0 Å². The van der Waals surface area contributed by atoms with Crippen LogP contribution >= 0.6 is 0 Å². The Hall–Kier alpha value is -2.27. The van der Waals surface area contributed by atoms with Crippen LogP contribution in [0.15, 0.2) is 24.3 Å². The van der Waals surface area contributed by atoms with Crippen molar-refractivity contribution in [1.29, 1.82) is 0 Å². The smallest absolute Gasteiger partial charge is 0.302 e. The number of benzene rings is 1. The Labute approximate surface area is 163 Å². The van der Waals surface area contributed by atoms with Crippen LogP contribution in [0.3, 0.4) is 0 Å². The lowest BCUT2D eigenvalue weighted by atomic mass is 10.3. The third-order valence-corrected chi connectivity index (χ3v) is 3.19. The molecule has 0 aliphatic heterocycles. The number of nitro benzene ring substituents is 1. The van der Waals surface area contributed by atoms with Crippen molar-refractivity contribution >= 4 is 11.7 Å². The van der Waals surface area contributed by atoms with Crippen LogP contribution < -0.4 is 4.74 Å². The standard InChI is InChI=1S/C18H27NO9/c1-16(20)27-14-12-25-10-8-23-6-7-24-9-11-26-13-15-28-18-4-2-17(3-5-18)19(21)22/h2-5H,6-15H2,1H3. The molecule has 0 saturated heterocycles. The summed E-state index contributed by atoms with van der Waals surface area (Å²) in [6.45, 7) is 5.35. The molecule has 0 saturated carbocycles. The monoisotopic (exact) mass is 401 g/mol. The third-order valence-electron chi connectivity index (χ3n) is 3.19. The zero-order valence-corrected chi connectivity index (χ0v) is 16.0. The highest BCUT2D eigenvalue weighted by molar-refractivity contribution is 5.65. The molecule has 0 heterocycles. The Kier molecular flexibility index (Phi) is 13.4. The minimum absolute atomic E-state index is 0.0246. The minimum Gasteiger partial charge on any atom is -0.491 e. The fraction of sp³-hybridized carbons (Fsp3) is 0.611. The molecule has 1 aromatic rings. The van der Waals surface area contributed by atoms with Crippen LogP contribution in [0.1, 0.15) is 6.92 Å². The molecule has 0 bridgehead atoms. The maximum atomic E-state index is 10.5. The molecule has 28 heavy (non-hydrogen) atoms. The van der Waals surface area contributed by atoms with E-state index in [2.05, 4.69) is 0 Å². The second kappa shape index (κ2) is 15.8. The van der Waals surface area contributed by atoms with Crippen molar-refractivity contribution in [1.82, 2.24) is 0 Å². The van der Waals surface area contributed by atoms with Crippen LogP contribution in [-0.4, -0.2) is 77.0 Å². The van der Waals surface area contributed by atoms with Gasteiger partial charge in [0.1, 0.15) is 19.0 Å². The van der Waals surface area contributed by atoms with Crippen LogP contribution in [-0.2, 0) is 28.5 Å². The normalized spacial score (nSPS) is 10.6. The van der Waals surface area contributed by atoms with Crippen LogP contribution in [0, 0.1) is 10.1 Å². The van der Waals surface area contributed by atoms with E-state index in [1.54, 1.807) is 12.1 Å². The van der Waals surface area contributed by atoms with Crippen molar-refractivity contribution in [3.8, 4) is 5.75 Å². The van der Waals surface area contributed by atoms with Gasteiger partial charge in [0, 0.05) is 19.1 Å². The summed E-state index contributed by atoms with van der Waals surface area (Å²) in [6, 6.07) is 5.88. The quantitative estimate of drug-likeness (QED) is 0.166. The van der Waals surface area contributed by atoms with Gasteiger partial charge >= 0.3 is 5.97 Å². The lowest BCUT2D eigenvalue weighted by Gasteiger charge is -2.08. The van der Waals surface area contributed by atoms with Crippen molar-refractivity contribution in [2.24, 2.45) is 0 Å². The van der Waals surface area contributed by atoms with E-state index in [1.807, 2.05) is 0 Å². The Morgan fingerprint density at radius 2 is 1.21 bits per heavy atom. The van der Waals surface area contributed by atoms with Crippen LogP contribution in [0.4, 0.5) is 5.69 Å². The second-order valence-corrected chi connectivity index (χ2v) is 5.39. The van der Waals surface area contributed by atoms with E-state index >= 15 is 0 Å². The minimum atomic E-state index is -0.458. The van der Waals surface area contributed by atoms with Crippen LogP contribution in [0.2, 0.25) is 0 Å². The number of nitrogens with zero attached hydrogens (tertiary/aromatic N) is 1. The summed E-state index contributed by atoms with van der Waals surface area (Å²) in [5, 5.41) is 10.5. The van der Waals surface area contributed by atoms with Gasteiger partial charge in [-0.05, 0) is 12.1 Å². The molecule has 0 fully saturated rings. The lowest BCUT2D eigenvalue weighted by molar-refractivity contribution is -0.384. The zero-order chi connectivity index (χ0) is 20.5. The van der Waals surface area contributed by atoms with Crippen molar-refractivity contribution in [3.05, 3.63) is 34.4 Å². The first-order chi connectivity index (χ1) is 13.6. The lowest BCUT2D eigenvalue weighted by Crippen LogP contribution is -2.14. The number of ether oxygens (including phenoxy) is 6. The van der Waals surface area contributed by atoms with Crippen molar-refractivity contribution in [2.75, 3.05) is 66.1 Å². The molecule has 10 nitrogen and oxygen atoms in total. The van der Waals surface area contributed by atoms with Crippen LogP contribution in [0.5, 0.6) is 5.75 Å². The molecule has 0 aliphatic carbocycles. The highest BCUT2D eigenvalue weighted by atomic mass is 16.6. The van der Waals surface area contributed by atoms with Gasteiger partial charge in [0.05, 0.1) is 57.8 Å². The van der Waals surface area contributed by atoms with Gasteiger partial charge in [-0.15, -0.1) is 0 Å². The third kappa shape index (κ3) is 13.0. The van der Waals surface area contributed by atoms with Gasteiger partial charge in [0.25, 0.3) is 5.69 Å². The number of carbonyl (C=O) groups is 1. The zero-order valence-electron chi connectivity index (χ0n) is 16.0. The van der Waals surface area contributed by atoms with E-state index in [1.165, 1.54) is 19.1 Å². The van der Waals surface area contributed by atoms with E-state index in [0.29, 0.717) is 65.2 Å². The van der Waals surface area contributed by atoms with Crippen molar-refractivity contribution < 1.29 is 38.1 Å².